The highest BCUT2D eigenvalue weighted by molar-refractivity contribution is 5.35. The zero-order valence-corrected chi connectivity index (χ0v) is 9.46. The van der Waals surface area contributed by atoms with Crippen LogP contribution >= 0.6 is 0 Å². The van der Waals surface area contributed by atoms with E-state index in [0.717, 1.165) is 24.9 Å². The van der Waals surface area contributed by atoms with Crippen molar-refractivity contribution >= 4 is 0 Å². The second kappa shape index (κ2) is 3.86. The van der Waals surface area contributed by atoms with Crippen LogP contribution in [0.3, 0.4) is 0 Å². The van der Waals surface area contributed by atoms with Crippen molar-refractivity contribution < 1.29 is 5.11 Å². The summed E-state index contributed by atoms with van der Waals surface area (Å²) in [7, 11) is 0. The van der Waals surface area contributed by atoms with Gasteiger partial charge in [0.2, 0.25) is 0 Å². The molecule has 1 atom stereocenters. The van der Waals surface area contributed by atoms with Crippen molar-refractivity contribution in [3.05, 3.63) is 29.8 Å². The maximum Gasteiger partial charge on any atom is 0.119 e. The molecule has 2 nitrogen and oxygen atoms in total. The van der Waals surface area contributed by atoms with Crippen LogP contribution in [0.2, 0.25) is 0 Å². The number of nitrogens with one attached hydrogen (secondary N) is 1. The summed E-state index contributed by atoms with van der Waals surface area (Å²) in [5.74, 6) is 0.933. The van der Waals surface area contributed by atoms with Gasteiger partial charge < -0.3 is 10.4 Å². The van der Waals surface area contributed by atoms with Gasteiger partial charge >= 0.3 is 0 Å². The van der Waals surface area contributed by atoms with Gasteiger partial charge in [0, 0.05) is 5.54 Å². The molecule has 15 heavy (non-hydrogen) atoms. The van der Waals surface area contributed by atoms with Gasteiger partial charge in [0.15, 0.2) is 0 Å². The van der Waals surface area contributed by atoms with Gasteiger partial charge in [0.1, 0.15) is 5.75 Å². The Kier molecular flexibility index (Phi) is 2.70. The van der Waals surface area contributed by atoms with Crippen LogP contribution in [-0.4, -0.2) is 17.2 Å². The minimum Gasteiger partial charge on any atom is -0.508 e. The maximum absolute atomic E-state index is 9.81. The molecule has 0 bridgehead atoms. The van der Waals surface area contributed by atoms with E-state index in [-0.39, 0.29) is 5.54 Å². The summed E-state index contributed by atoms with van der Waals surface area (Å²) < 4.78 is 0. The van der Waals surface area contributed by atoms with Crippen molar-refractivity contribution in [2.24, 2.45) is 0 Å². The summed E-state index contributed by atoms with van der Waals surface area (Å²) in [5, 5.41) is 13.3. The fourth-order valence-corrected chi connectivity index (χ4v) is 2.47. The van der Waals surface area contributed by atoms with E-state index in [0.29, 0.717) is 11.7 Å². The lowest BCUT2D eigenvalue weighted by molar-refractivity contribution is 0.272. The van der Waals surface area contributed by atoms with Crippen molar-refractivity contribution in [3.63, 3.8) is 0 Å². The summed E-state index contributed by atoms with van der Waals surface area (Å²) in [4.78, 5) is 0. The molecule has 2 rings (SSSR count). The molecule has 1 heterocycles. The van der Waals surface area contributed by atoms with Crippen LogP contribution in [0.25, 0.3) is 0 Å². The number of piperidine rings is 1. The van der Waals surface area contributed by atoms with Gasteiger partial charge in [-0.1, -0.05) is 18.2 Å². The molecule has 0 aromatic heterocycles. The average molecular weight is 205 g/mol. The number of benzene rings is 1. The zero-order chi connectivity index (χ0) is 10.9. The number of hydrogen-bond acceptors (Lipinski definition) is 2. The molecular weight excluding hydrogens is 186 g/mol. The van der Waals surface area contributed by atoms with Crippen molar-refractivity contribution in [2.75, 3.05) is 6.54 Å². The van der Waals surface area contributed by atoms with E-state index in [2.05, 4.69) is 19.2 Å². The van der Waals surface area contributed by atoms with Crippen LogP contribution < -0.4 is 5.32 Å². The first-order valence-corrected chi connectivity index (χ1v) is 5.61. The molecule has 2 N–H and O–H groups in total. The van der Waals surface area contributed by atoms with Crippen LogP contribution in [0.15, 0.2) is 24.3 Å². The third-order valence-electron chi connectivity index (χ3n) is 3.23. The predicted molar refractivity (Wildman–Crippen MR) is 62.2 cm³/mol. The standard InChI is InChI=1S/C13H19NO/c1-13(2)9-10(7-8-14-13)11-5-3-4-6-12(11)15/h3-6,10,14-15H,7-9H2,1-2H3. The fourth-order valence-electron chi connectivity index (χ4n) is 2.47. The molecule has 1 fully saturated rings. The second-order valence-electron chi connectivity index (χ2n) is 5.06. The third-order valence-corrected chi connectivity index (χ3v) is 3.23. The van der Waals surface area contributed by atoms with Crippen LogP contribution in [0.1, 0.15) is 38.2 Å². The van der Waals surface area contributed by atoms with Crippen LogP contribution in [0.5, 0.6) is 5.75 Å². The largest absolute Gasteiger partial charge is 0.508 e. The topological polar surface area (TPSA) is 32.3 Å². The Morgan fingerprint density at radius 2 is 2.07 bits per heavy atom. The number of phenolic OH excluding ortho intramolecular Hbond substituents is 1. The second-order valence-corrected chi connectivity index (χ2v) is 5.06. The van der Waals surface area contributed by atoms with Gasteiger partial charge in [-0.2, -0.15) is 0 Å². The Bertz CT molecular complexity index is 346. The number of phenols is 1. The zero-order valence-electron chi connectivity index (χ0n) is 9.46. The molecule has 0 aliphatic carbocycles. The molecule has 1 saturated heterocycles. The summed E-state index contributed by atoms with van der Waals surface area (Å²) in [5.41, 5.74) is 1.29. The van der Waals surface area contributed by atoms with E-state index >= 15 is 0 Å². The Hall–Kier alpha value is -1.02. The molecule has 2 heteroatoms. The lowest BCUT2D eigenvalue weighted by Gasteiger charge is -2.36. The van der Waals surface area contributed by atoms with Gasteiger partial charge in [0.25, 0.3) is 0 Å². The Morgan fingerprint density at radius 1 is 1.33 bits per heavy atom. The average Bonchev–Trinajstić information content (AvgIpc) is 2.17. The number of hydrogen-bond donors (Lipinski definition) is 2. The summed E-state index contributed by atoms with van der Waals surface area (Å²) in [6, 6.07) is 7.71. The summed E-state index contributed by atoms with van der Waals surface area (Å²) in [6.07, 6.45) is 2.20. The van der Waals surface area contributed by atoms with Crippen LogP contribution in [0, 0.1) is 0 Å². The first-order chi connectivity index (χ1) is 7.08. The number of para-hydroxylation sites is 1. The van der Waals surface area contributed by atoms with Crippen LogP contribution in [0.4, 0.5) is 0 Å². The molecule has 1 unspecified atom stereocenters. The quantitative estimate of drug-likeness (QED) is 0.738. The minimum absolute atomic E-state index is 0.186. The molecular formula is C13H19NO. The first kappa shape index (κ1) is 10.5. The van der Waals surface area contributed by atoms with Crippen molar-refractivity contribution in [2.45, 2.75) is 38.1 Å². The van der Waals surface area contributed by atoms with E-state index in [1.54, 1.807) is 6.07 Å². The van der Waals surface area contributed by atoms with Crippen molar-refractivity contribution in [3.8, 4) is 5.75 Å². The molecule has 1 aliphatic rings. The van der Waals surface area contributed by atoms with E-state index in [1.807, 2.05) is 18.2 Å². The summed E-state index contributed by atoms with van der Waals surface area (Å²) in [6.45, 7) is 5.48. The summed E-state index contributed by atoms with van der Waals surface area (Å²) >= 11 is 0. The lowest BCUT2D eigenvalue weighted by Crippen LogP contribution is -2.45. The van der Waals surface area contributed by atoms with Crippen molar-refractivity contribution in [1.82, 2.24) is 5.32 Å². The molecule has 0 saturated carbocycles. The molecule has 1 aromatic rings. The maximum atomic E-state index is 9.81. The van der Waals surface area contributed by atoms with Crippen molar-refractivity contribution in [1.29, 1.82) is 0 Å². The highest BCUT2D eigenvalue weighted by Crippen LogP contribution is 2.36. The number of aromatic hydroxyl groups is 1. The van der Waals surface area contributed by atoms with E-state index in [9.17, 15) is 5.11 Å². The predicted octanol–water partition coefficient (Wildman–Crippen LogP) is 2.64. The molecule has 0 radical (unpaired) electrons. The van der Waals surface area contributed by atoms with E-state index in [1.165, 1.54) is 0 Å². The molecule has 0 spiro atoms. The monoisotopic (exact) mass is 205 g/mol. The third kappa shape index (κ3) is 2.32. The Balaban J connectivity index is 2.21. The van der Waals surface area contributed by atoms with E-state index in [4.69, 9.17) is 0 Å². The highest BCUT2D eigenvalue weighted by atomic mass is 16.3. The Morgan fingerprint density at radius 3 is 2.73 bits per heavy atom. The van der Waals surface area contributed by atoms with Gasteiger partial charge in [-0.3, -0.25) is 0 Å². The first-order valence-electron chi connectivity index (χ1n) is 5.61. The lowest BCUT2D eigenvalue weighted by atomic mass is 9.80. The van der Waals surface area contributed by atoms with Gasteiger partial charge in [-0.05, 0) is 50.8 Å². The normalized spacial score (nSPS) is 25.1. The molecule has 0 amide bonds. The van der Waals surface area contributed by atoms with Gasteiger partial charge in [-0.25, -0.2) is 0 Å². The molecule has 1 aromatic carbocycles. The smallest absolute Gasteiger partial charge is 0.119 e. The fraction of sp³-hybridized carbons (Fsp3) is 0.538. The molecule has 82 valence electrons. The van der Waals surface area contributed by atoms with E-state index < -0.39 is 0 Å². The molecule has 1 aliphatic heterocycles. The SMILES string of the molecule is CC1(C)CC(c2ccccc2O)CCN1. The Labute approximate surface area is 91.3 Å². The minimum atomic E-state index is 0.186. The van der Waals surface area contributed by atoms with Gasteiger partial charge in [0.05, 0.1) is 0 Å². The van der Waals surface area contributed by atoms with Gasteiger partial charge in [-0.15, -0.1) is 0 Å². The number of rotatable bonds is 1. The van der Waals surface area contributed by atoms with Crippen LogP contribution in [-0.2, 0) is 0 Å². The highest BCUT2D eigenvalue weighted by Gasteiger charge is 2.29.